The van der Waals surface area contributed by atoms with E-state index < -0.39 is 0 Å². The molecule has 2 nitrogen and oxygen atoms in total. The molecular weight excluding hydrogens is 314 g/mol. The van der Waals surface area contributed by atoms with Crippen LogP contribution in [0.25, 0.3) is 0 Å². The van der Waals surface area contributed by atoms with Crippen LogP contribution in [0.3, 0.4) is 0 Å². The number of aryl methyl sites for hydroxylation is 1. The molecule has 0 aliphatic carbocycles. The average molecular weight is 334 g/mol. The molecule has 0 saturated carbocycles. The quantitative estimate of drug-likeness (QED) is 0.826. The van der Waals surface area contributed by atoms with E-state index in [2.05, 4.69) is 54.2 Å². The highest BCUT2D eigenvalue weighted by atomic mass is 79.9. The second-order valence-electron chi connectivity index (χ2n) is 5.18. The predicted molar refractivity (Wildman–Crippen MR) is 87.4 cm³/mol. The van der Waals surface area contributed by atoms with Crippen LogP contribution < -0.4 is 10.1 Å². The van der Waals surface area contributed by atoms with Gasteiger partial charge in [0.25, 0.3) is 0 Å². The molecule has 2 aromatic carbocycles. The van der Waals surface area contributed by atoms with E-state index in [1.807, 2.05) is 30.3 Å². The summed E-state index contributed by atoms with van der Waals surface area (Å²) in [6, 6.07) is 14.6. The highest BCUT2D eigenvalue weighted by Gasteiger charge is 2.03. The van der Waals surface area contributed by atoms with E-state index in [1.165, 1.54) is 11.1 Å². The van der Waals surface area contributed by atoms with Gasteiger partial charge in [-0.15, -0.1) is 0 Å². The zero-order valence-electron chi connectivity index (χ0n) is 12.1. The molecule has 3 heteroatoms. The number of hydrogen-bond donors (Lipinski definition) is 1. The van der Waals surface area contributed by atoms with Gasteiger partial charge in [-0.1, -0.05) is 35.8 Å². The summed E-state index contributed by atoms with van der Waals surface area (Å²) in [6.07, 6.45) is 0. The summed E-state index contributed by atoms with van der Waals surface area (Å²) in [5.74, 6) is 1.72. The molecule has 0 atom stereocenters. The molecule has 0 heterocycles. The van der Waals surface area contributed by atoms with Crippen LogP contribution in [0.15, 0.2) is 46.9 Å². The molecule has 0 aliphatic heterocycles. The van der Waals surface area contributed by atoms with E-state index in [9.17, 15) is 0 Å². The van der Waals surface area contributed by atoms with Crippen molar-refractivity contribution in [2.75, 3.05) is 0 Å². The first kappa shape index (κ1) is 15.1. The fourth-order valence-corrected chi connectivity index (χ4v) is 2.15. The highest BCUT2D eigenvalue weighted by Crippen LogP contribution is 2.25. The number of rotatable bonds is 5. The Morgan fingerprint density at radius 3 is 2.30 bits per heavy atom. The predicted octanol–water partition coefficient (Wildman–Crippen LogP) is 5.05. The first-order valence-corrected chi connectivity index (χ1v) is 7.60. The van der Waals surface area contributed by atoms with Crippen LogP contribution in [0.2, 0.25) is 0 Å². The number of hydrogen-bond acceptors (Lipinski definition) is 2. The van der Waals surface area contributed by atoms with Crippen LogP contribution in [-0.2, 0) is 6.54 Å². The minimum atomic E-state index is 0.494. The average Bonchev–Trinajstić information content (AvgIpc) is 2.40. The molecule has 106 valence electrons. The monoisotopic (exact) mass is 333 g/mol. The lowest BCUT2D eigenvalue weighted by atomic mass is 10.1. The van der Waals surface area contributed by atoms with Crippen LogP contribution in [0, 0.1) is 6.92 Å². The molecule has 0 amide bonds. The van der Waals surface area contributed by atoms with Crippen molar-refractivity contribution < 1.29 is 4.74 Å². The Labute approximate surface area is 129 Å². The van der Waals surface area contributed by atoms with Gasteiger partial charge < -0.3 is 10.1 Å². The summed E-state index contributed by atoms with van der Waals surface area (Å²) in [6.45, 7) is 7.31. The first-order chi connectivity index (χ1) is 9.54. The normalized spacial score (nSPS) is 10.8. The molecule has 0 saturated heterocycles. The molecule has 0 aromatic heterocycles. The van der Waals surface area contributed by atoms with Crippen LogP contribution in [-0.4, -0.2) is 6.04 Å². The zero-order valence-corrected chi connectivity index (χ0v) is 13.7. The summed E-state index contributed by atoms with van der Waals surface area (Å²) in [7, 11) is 0. The van der Waals surface area contributed by atoms with Crippen molar-refractivity contribution in [3.63, 3.8) is 0 Å². The Kier molecular flexibility index (Phi) is 5.21. The van der Waals surface area contributed by atoms with E-state index in [0.29, 0.717) is 6.04 Å². The van der Waals surface area contributed by atoms with Gasteiger partial charge in [-0.05, 0) is 54.4 Å². The Morgan fingerprint density at radius 1 is 1.05 bits per heavy atom. The molecule has 1 N–H and O–H groups in total. The molecule has 0 radical (unpaired) electrons. The number of nitrogens with one attached hydrogen (secondary N) is 1. The summed E-state index contributed by atoms with van der Waals surface area (Å²) in [5, 5.41) is 3.43. The van der Waals surface area contributed by atoms with Gasteiger partial charge >= 0.3 is 0 Å². The number of ether oxygens (including phenoxy) is 1. The highest BCUT2D eigenvalue weighted by molar-refractivity contribution is 9.10. The van der Waals surface area contributed by atoms with Crippen molar-refractivity contribution in [1.29, 1.82) is 0 Å². The molecule has 0 bridgehead atoms. The SMILES string of the molecule is Cc1cc(Oc2ccc(Br)cc2)ccc1CNC(C)C. The van der Waals surface area contributed by atoms with Gasteiger partial charge in [-0.3, -0.25) is 0 Å². The van der Waals surface area contributed by atoms with Crippen LogP contribution in [0.4, 0.5) is 0 Å². The van der Waals surface area contributed by atoms with Crippen molar-refractivity contribution in [3.05, 3.63) is 58.1 Å². The molecule has 0 aliphatic rings. The lowest BCUT2D eigenvalue weighted by Gasteiger charge is -2.12. The zero-order chi connectivity index (χ0) is 14.5. The summed E-state index contributed by atoms with van der Waals surface area (Å²) < 4.78 is 6.91. The third kappa shape index (κ3) is 4.36. The van der Waals surface area contributed by atoms with Gasteiger partial charge in [0.05, 0.1) is 0 Å². The van der Waals surface area contributed by atoms with Crippen molar-refractivity contribution in [1.82, 2.24) is 5.32 Å². The second kappa shape index (κ2) is 6.91. The third-order valence-corrected chi connectivity index (χ3v) is 3.59. The van der Waals surface area contributed by atoms with Crippen molar-refractivity contribution in [2.45, 2.75) is 33.4 Å². The lowest BCUT2D eigenvalue weighted by Crippen LogP contribution is -2.22. The van der Waals surface area contributed by atoms with Crippen LogP contribution >= 0.6 is 15.9 Å². The number of benzene rings is 2. The van der Waals surface area contributed by atoms with Gasteiger partial charge in [-0.25, -0.2) is 0 Å². The van der Waals surface area contributed by atoms with Crippen molar-refractivity contribution >= 4 is 15.9 Å². The molecule has 2 rings (SSSR count). The van der Waals surface area contributed by atoms with Gasteiger partial charge in [0.1, 0.15) is 11.5 Å². The third-order valence-electron chi connectivity index (χ3n) is 3.06. The van der Waals surface area contributed by atoms with E-state index >= 15 is 0 Å². The van der Waals surface area contributed by atoms with Crippen LogP contribution in [0.5, 0.6) is 11.5 Å². The Bertz CT molecular complexity index is 564. The minimum Gasteiger partial charge on any atom is -0.457 e. The molecule has 2 aromatic rings. The van der Waals surface area contributed by atoms with E-state index in [1.54, 1.807) is 0 Å². The molecule has 20 heavy (non-hydrogen) atoms. The Hall–Kier alpha value is -1.32. The Balaban J connectivity index is 2.06. The summed E-state index contributed by atoms with van der Waals surface area (Å²) in [5.41, 5.74) is 2.55. The van der Waals surface area contributed by atoms with Gasteiger partial charge in [0.2, 0.25) is 0 Å². The lowest BCUT2D eigenvalue weighted by molar-refractivity contribution is 0.481. The molecule has 0 fully saturated rings. The smallest absolute Gasteiger partial charge is 0.127 e. The van der Waals surface area contributed by atoms with Gasteiger partial charge in [-0.2, -0.15) is 0 Å². The van der Waals surface area contributed by atoms with Crippen molar-refractivity contribution in [3.8, 4) is 11.5 Å². The standard InChI is InChI=1S/C17H20BrNO/c1-12(2)19-11-14-4-7-17(10-13(14)3)20-16-8-5-15(18)6-9-16/h4-10,12,19H,11H2,1-3H3. The molecule has 0 spiro atoms. The van der Waals surface area contributed by atoms with Crippen molar-refractivity contribution in [2.24, 2.45) is 0 Å². The van der Waals surface area contributed by atoms with E-state index in [0.717, 1.165) is 22.5 Å². The second-order valence-corrected chi connectivity index (χ2v) is 6.10. The van der Waals surface area contributed by atoms with Gasteiger partial charge in [0.15, 0.2) is 0 Å². The largest absolute Gasteiger partial charge is 0.457 e. The Morgan fingerprint density at radius 2 is 1.70 bits per heavy atom. The topological polar surface area (TPSA) is 21.3 Å². The van der Waals surface area contributed by atoms with E-state index in [-0.39, 0.29) is 0 Å². The fraction of sp³-hybridized carbons (Fsp3) is 0.294. The minimum absolute atomic E-state index is 0.494. The number of halogens is 1. The maximum atomic E-state index is 5.85. The molecule has 0 unspecified atom stereocenters. The molecular formula is C17H20BrNO. The maximum absolute atomic E-state index is 5.85. The fourth-order valence-electron chi connectivity index (χ4n) is 1.88. The van der Waals surface area contributed by atoms with E-state index in [4.69, 9.17) is 4.74 Å². The maximum Gasteiger partial charge on any atom is 0.127 e. The summed E-state index contributed by atoms with van der Waals surface area (Å²) in [4.78, 5) is 0. The van der Waals surface area contributed by atoms with Crippen LogP contribution in [0.1, 0.15) is 25.0 Å². The van der Waals surface area contributed by atoms with Gasteiger partial charge in [0, 0.05) is 17.1 Å². The summed E-state index contributed by atoms with van der Waals surface area (Å²) >= 11 is 3.42. The first-order valence-electron chi connectivity index (χ1n) is 6.81.